The van der Waals surface area contributed by atoms with E-state index in [1.54, 1.807) is 0 Å². The van der Waals surface area contributed by atoms with Gasteiger partial charge in [0.25, 0.3) is 0 Å². The smallest absolute Gasteiger partial charge is 0.164 e. The van der Waals surface area contributed by atoms with Crippen LogP contribution in [0.4, 0.5) is 0 Å². The first-order chi connectivity index (χ1) is 30.3. The zero-order valence-electron chi connectivity index (χ0n) is 32.7. The zero-order valence-corrected chi connectivity index (χ0v) is 32.7. The van der Waals surface area contributed by atoms with Crippen molar-refractivity contribution >= 4 is 76.3 Å². The number of furan rings is 1. The minimum atomic E-state index is 0.623. The van der Waals surface area contributed by atoms with Crippen LogP contribution >= 0.6 is 0 Å². The van der Waals surface area contributed by atoms with Crippen molar-refractivity contribution in [1.29, 1.82) is 0 Å². The van der Waals surface area contributed by atoms with Crippen molar-refractivity contribution in [2.24, 2.45) is 0 Å². The number of rotatable bonds is 5. The molecule has 13 rings (SSSR count). The summed E-state index contributed by atoms with van der Waals surface area (Å²) in [7, 11) is 0. The Morgan fingerprint density at radius 2 is 0.902 bits per heavy atom. The third kappa shape index (κ3) is 5.06. The third-order valence-corrected chi connectivity index (χ3v) is 12.2. The first-order valence-corrected chi connectivity index (χ1v) is 20.5. The van der Waals surface area contributed by atoms with Crippen molar-refractivity contribution in [3.8, 4) is 45.5 Å². The quantitative estimate of drug-likeness (QED) is 0.175. The van der Waals surface area contributed by atoms with Gasteiger partial charge < -0.3 is 13.6 Å². The molecule has 0 unspecified atom stereocenters. The predicted octanol–water partition coefficient (Wildman–Crippen LogP) is 14.1. The second-order valence-corrected chi connectivity index (χ2v) is 15.6. The highest BCUT2D eigenvalue weighted by Gasteiger charge is 2.23. The number of para-hydroxylation sites is 3. The van der Waals surface area contributed by atoms with Gasteiger partial charge in [0.15, 0.2) is 17.5 Å². The van der Waals surface area contributed by atoms with Gasteiger partial charge in [0, 0.05) is 60.1 Å². The minimum absolute atomic E-state index is 0.623. The fraction of sp³-hybridized carbons (Fsp3) is 0. The number of nitrogens with zero attached hydrogens (tertiary/aromatic N) is 5. The Labute approximate surface area is 349 Å². The Morgan fingerprint density at radius 1 is 0.328 bits per heavy atom. The predicted molar refractivity (Wildman–Crippen MR) is 250 cm³/mol. The summed E-state index contributed by atoms with van der Waals surface area (Å²) in [4.78, 5) is 15.3. The molecule has 0 aliphatic heterocycles. The number of fused-ring (bicyclic) bond motifs is 11. The molecule has 0 spiro atoms. The molecular weight excluding hydrogens is 747 g/mol. The number of hydrogen-bond donors (Lipinski definition) is 0. The maximum absolute atomic E-state index is 6.49. The molecule has 0 bridgehead atoms. The van der Waals surface area contributed by atoms with Crippen molar-refractivity contribution in [2.75, 3.05) is 0 Å². The summed E-state index contributed by atoms with van der Waals surface area (Å²) in [6.45, 7) is 0. The first kappa shape index (κ1) is 33.6. The van der Waals surface area contributed by atoms with Gasteiger partial charge in [-0.3, -0.25) is 0 Å². The molecule has 13 aromatic rings. The molecule has 6 heteroatoms. The number of benzene rings is 9. The van der Waals surface area contributed by atoms with Crippen LogP contribution in [0.15, 0.2) is 205 Å². The average Bonchev–Trinajstić information content (AvgIpc) is 3.99. The van der Waals surface area contributed by atoms with Gasteiger partial charge in [0.05, 0.1) is 27.8 Å². The summed E-state index contributed by atoms with van der Waals surface area (Å²) < 4.78 is 11.3. The van der Waals surface area contributed by atoms with E-state index in [1.165, 1.54) is 21.8 Å². The van der Waals surface area contributed by atoms with Crippen LogP contribution in [0.25, 0.3) is 122 Å². The Hall–Kier alpha value is -8.35. The van der Waals surface area contributed by atoms with Crippen molar-refractivity contribution in [3.63, 3.8) is 0 Å². The second-order valence-electron chi connectivity index (χ2n) is 15.6. The molecule has 0 saturated carbocycles. The van der Waals surface area contributed by atoms with Gasteiger partial charge in [-0.15, -0.1) is 0 Å². The summed E-state index contributed by atoms with van der Waals surface area (Å²) in [5, 5.41) is 9.14. The second kappa shape index (κ2) is 13.1. The van der Waals surface area contributed by atoms with E-state index in [-0.39, 0.29) is 0 Å². The van der Waals surface area contributed by atoms with Gasteiger partial charge in [-0.25, -0.2) is 15.0 Å². The lowest BCUT2D eigenvalue weighted by Gasteiger charge is -2.16. The zero-order chi connectivity index (χ0) is 40.0. The van der Waals surface area contributed by atoms with Gasteiger partial charge >= 0.3 is 0 Å². The van der Waals surface area contributed by atoms with Gasteiger partial charge in [-0.1, -0.05) is 146 Å². The van der Waals surface area contributed by atoms with E-state index < -0.39 is 0 Å². The van der Waals surface area contributed by atoms with Crippen molar-refractivity contribution < 1.29 is 4.42 Å². The highest BCUT2D eigenvalue weighted by Crippen LogP contribution is 2.44. The molecule has 0 radical (unpaired) electrons. The van der Waals surface area contributed by atoms with Crippen LogP contribution in [-0.4, -0.2) is 24.1 Å². The molecule has 0 atom stereocenters. The summed E-state index contributed by atoms with van der Waals surface area (Å²) in [5.74, 6) is 1.89. The largest absolute Gasteiger partial charge is 0.456 e. The van der Waals surface area contributed by atoms with Crippen LogP contribution in [0.5, 0.6) is 0 Å². The Balaban J connectivity index is 1.11. The van der Waals surface area contributed by atoms with Crippen molar-refractivity contribution in [2.45, 2.75) is 0 Å². The lowest BCUT2D eigenvalue weighted by atomic mass is 10.0. The summed E-state index contributed by atoms with van der Waals surface area (Å²) in [6, 6.07) is 70.3. The van der Waals surface area contributed by atoms with E-state index in [9.17, 15) is 0 Å². The Bertz CT molecular complexity index is 3770. The number of aromatic nitrogens is 5. The maximum Gasteiger partial charge on any atom is 0.164 e. The van der Waals surface area contributed by atoms with E-state index in [1.807, 2.05) is 66.7 Å². The van der Waals surface area contributed by atoms with Crippen molar-refractivity contribution in [1.82, 2.24) is 24.1 Å². The summed E-state index contributed by atoms with van der Waals surface area (Å²) in [6.07, 6.45) is 0. The lowest BCUT2D eigenvalue weighted by molar-refractivity contribution is 0.669. The summed E-state index contributed by atoms with van der Waals surface area (Å²) >= 11 is 0. The van der Waals surface area contributed by atoms with Crippen molar-refractivity contribution in [3.05, 3.63) is 200 Å². The fourth-order valence-corrected chi connectivity index (χ4v) is 9.51. The summed E-state index contributed by atoms with van der Waals surface area (Å²) in [5.41, 5.74) is 11.3. The van der Waals surface area contributed by atoms with Crippen LogP contribution in [0.3, 0.4) is 0 Å². The molecule has 9 aromatic carbocycles. The van der Waals surface area contributed by atoms with Crippen LogP contribution in [0.2, 0.25) is 0 Å². The molecule has 284 valence electrons. The third-order valence-electron chi connectivity index (χ3n) is 12.2. The average molecular weight is 780 g/mol. The highest BCUT2D eigenvalue weighted by molar-refractivity contribution is 6.28. The molecule has 0 N–H and O–H groups in total. The van der Waals surface area contributed by atoms with E-state index in [0.29, 0.717) is 17.5 Å². The normalized spacial score (nSPS) is 11.9. The Kier molecular flexibility index (Phi) is 7.21. The van der Waals surface area contributed by atoms with Crippen LogP contribution in [-0.2, 0) is 0 Å². The molecule has 0 fully saturated rings. The Morgan fingerprint density at radius 3 is 1.59 bits per heavy atom. The van der Waals surface area contributed by atoms with E-state index >= 15 is 0 Å². The van der Waals surface area contributed by atoms with Gasteiger partial charge in [-0.2, -0.15) is 0 Å². The molecule has 61 heavy (non-hydrogen) atoms. The molecule has 0 aliphatic carbocycles. The first-order valence-electron chi connectivity index (χ1n) is 20.5. The van der Waals surface area contributed by atoms with Gasteiger partial charge in [0.2, 0.25) is 0 Å². The van der Waals surface area contributed by atoms with Crippen LogP contribution in [0, 0.1) is 0 Å². The topological polar surface area (TPSA) is 61.7 Å². The SMILES string of the molecule is c1ccc(-c2nc(-c3ccccc3)nc(-c3ccc(-n4c5cc(-n6c7ccccc7c7ccccc76)ccc5c5c6c(ccc54)oc4ccccc46)c4ccccc34)n2)cc1. The molecular formula is C55H33N5O. The van der Waals surface area contributed by atoms with E-state index in [4.69, 9.17) is 19.4 Å². The number of hydrogen-bond acceptors (Lipinski definition) is 4. The van der Waals surface area contributed by atoms with E-state index in [2.05, 4.69) is 143 Å². The lowest BCUT2D eigenvalue weighted by Crippen LogP contribution is -2.02. The molecule has 0 amide bonds. The van der Waals surface area contributed by atoms with Gasteiger partial charge in [-0.05, 0) is 60.0 Å². The van der Waals surface area contributed by atoms with Crippen LogP contribution < -0.4 is 0 Å². The molecule has 4 heterocycles. The molecule has 0 saturated heterocycles. The van der Waals surface area contributed by atoms with Gasteiger partial charge in [0.1, 0.15) is 11.2 Å². The highest BCUT2D eigenvalue weighted by atomic mass is 16.3. The maximum atomic E-state index is 6.49. The monoisotopic (exact) mass is 779 g/mol. The molecule has 6 nitrogen and oxygen atoms in total. The molecule has 4 aromatic heterocycles. The van der Waals surface area contributed by atoms with E-state index in [0.717, 1.165) is 82.6 Å². The standard InChI is InChI=1S/C55H33N5O/c1-3-15-34(16-4-1)53-56-54(35-17-5-2-6-18-35)58-55(57-53)41-29-30-46(38-20-8-7-19-37(38)41)60-47-31-32-50-52(43-23-11-14-26-49(43)61-50)51(47)42-28-27-36(33-48(42)60)59-44-24-12-9-21-39(44)40-22-10-13-25-45(40)59/h1-33H. The molecule has 0 aliphatic rings. The minimum Gasteiger partial charge on any atom is -0.456 e. The van der Waals surface area contributed by atoms with Crippen LogP contribution in [0.1, 0.15) is 0 Å². The fourth-order valence-electron chi connectivity index (χ4n) is 9.51.